The Kier molecular flexibility index (Phi) is 2.68. The van der Waals surface area contributed by atoms with Crippen LogP contribution in [0.4, 0.5) is 5.82 Å². The third-order valence-electron chi connectivity index (χ3n) is 2.34. The van der Waals surface area contributed by atoms with E-state index >= 15 is 0 Å². The van der Waals surface area contributed by atoms with Crippen LogP contribution in [0, 0.1) is 0 Å². The summed E-state index contributed by atoms with van der Waals surface area (Å²) in [5, 5.41) is 0. The van der Waals surface area contributed by atoms with Crippen molar-refractivity contribution in [3.63, 3.8) is 0 Å². The topological polar surface area (TPSA) is 84.7 Å². The van der Waals surface area contributed by atoms with E-state index < -0.39 is 0 Å². The fourth-order valence-corrected chi connectivity index (χ4v) is 1.50. The van der Waals surface area contributed by atoms with Crippen LogP contribution in [0.1, 0.15) is 12.5 Å². The van der Waals surface area contributed by atoms with Gasteiger partial charge in [-0.3, -0.25) is 9.78 Å². The molecule has 3 N–H and O–H groups in total. The van der Waals surface area contributed by atoms with E-state index in [1.807, 2.05) is 13.0 Å². The molecule has 0 saturated heterocycles. The summed E-state index contributed by atoms with van der Waals surface area (Å²) in [6, 6.07) is 3.59. The molecular formula is C11H12N4O. The van der Waals surface area contributed by atoms with Crippen LogP contribution in [0.15, 0.2) is 29.3 Å². The molecule has 2 rings (SSSR count). The summed E-state index contributed by atoms with van der Waals surface area (Å²) in [6.07, 6.45) is 3.86. The van der Waals surface area contributed by atoms with Crippen molar-refractivity contribution in [1.82, 2.24) is 15.0 Å². The van der Waals surface area contributed by atoms with E-state index in [1.165, 1.54) is 0 Å². The van der Waals surface area contributed by atoms with Crippen LogP contribution in [0.5, 0.6) is 0 Å². The molecule has 2 aromatic rings. The largest absolute Gasteiger partial charge is 0.383 e. The SMILES string of the molecule is CCc1c(N)nc(-c2cccnc2)[nH]c1=O. The Morgan fingerprint density at radius 1 is 1.50 bits per heavy atom. The Hall–Kier alpha value is -2.17. The second-order valence-corrected chi connectivity index (χ2v) is 3.37. The van der Waals surface area contributed by atoms with Crippen molar-refractivity contribution in [3.05, 3.63) is 40.4 Å². The molecule has 5 nitrogen and oxygen atoms in total. The number of nitrogens with zero attached hydrogens (tertiary/aromatic N) is 2. The van der Waals surface area contributed by atoms with Crippen molar-refractivity contribution in [2.75, 3.05) is 5.73 Å². The zero-order valence-corrected chi connectivity index (χ0v) is 8.90. The first kappa shape index (κ1) is 10.4. The number of H-pyrrole nitrogens is 1. The molecule has 0 aliphatic rings. The molecule has 2 heterocycles. The number of hydrogen-bond acceptors (Lipinski definition) is 4. The summed E-state index contributed by atoms with van der Waals surface area (Å²) in [5.41, 5.74) is 6.80. The van der Waals surface area contributed by atoms with Crippen LogP contribution in [0.2, 0.25) is 0 Å². The highest BCUT2D eigenvalue weighted by Gasteiger charge is 2.08. The summed E-state index contributed by atoms with van der Waals surface area (Å²) in [7, 11) is 0. The average Bonchev–Trinajstić information content (AvgIpc) is 2.30. The van der Waals surface area contributed by atoms with Gasteiger partial charge in [-0.25, -0.2) is 4.98 Å². The number of anilines is 1. The van der Waals surface area contributed by atoms with Gasteiger partial charge in [-0.2, -0.15) is 0 Å². The van der Waals surface area contributed by atoms with Crippen LogP contribution in [-0.2, 0) is 6.42 Å². The molecule has 0 aromatic carbocycles. The lowest BCUT2D eigenvalue weighted by molar-refractivity contribution is 1.02. The van der Waals surface area contributed by atoms with Gasteiger partial charge in [0.15, 0.2) is 0 Å². The number of nitrogen functional groups attached to an aromatic ring is 1. The first-order valence-electron chi connectivity index (χ1n) is 5.01. The van der Waals surface area contributed by atoms with Crippen LogP contribution in [-0.4, -0.2) is 15.0 Å². The van der Waals surface area contributed by atoms with Crippen LogP contribution in [0.3, 0.4) is 0 Å². The third kappa shape index (κ3) is 1.79. The highest BCUT2D eigenvalue weighted by molar-refractivity contribution is 5.56. The van der Waals surface area contributed by atoms with E-state index in [9.17, 15) is 4.79 Å². The van der Waals surface area contributed by atoms with E-state index in [0.29, 0.717) is 17.8 Å². The first-order valence-corrected chi connectivity index (χ1v) is 5.01. The summed E-state index contributed by atoms with van der Waals surface area (Å²) >= 11 is 0. The quantitative estimate of drug-likeness (QED) is 0.783. The monoisotopic (exact) mass is 216 g/mol. The van der Waals surface area contributed by atoms with Gasteiger partial charge in [0.05, 0.1) is 5.56 Å². The smallest absolute Gasteiger partial charge is 0.256 e. The Bertz CT molecular complexity index is 548. The second kappa shape index (κ2) is 4.14. The van der Waals surface area contributed by atoms with E-state index in [1.54, 1.807) is 18.5 Å². The van der Waals surface area contributed by atoms with Gasteiger partial charge in [-0.05, 0) is 18.6 Å². The number of aromatic nitrogens is 3. The van der Waals surface area contributed by atoms with E-state index in [4.69, 9.17) is 5.73 Å². The Balaban J connectivity index is 2.57. The molecule has 0 amide bonds. The Labute approximate surface area is 92.4 Å². The second-order valence-electron chi connectivity index (χ2n) is 3.37. The van der Waals surface area contributed by atoms with Crippen LogP contribution >= 0.6 is 0 Å². The fourth-order valence-electron chi connectivity index (χ4n) is 1.50. The highest BCUT2D eigenvalue weighted by Crippen LogP contribution is 2.13. The molecule has 0 unspecified atom stereocenters. The summed E-state index contributed by atoms with van der Waals surface area (Å²) in [5.74, 6) is 0.734. The Morgan fingerprint density at radius 2 is 2.31 bits per heavy atom. The van der Waals surface area contributed by atoms with Crippen LogP contribution in [0.25, 0.3) is 11.4 Å². The van der Waals surface area contributed by atoms with E-state index in [0.717, 1.165) is 5.56 Å². The zero-order chi connectivity index (χ0) is 11.5. The van der Waals surface area contributed by atoms with Gasteiger partial charge in [-0.15, -0.1) is 0 Å². The van der Waals surface area contributed by atoms with Gasteiger partial charge in [0, 0.05) is 18.0 Å². The van der Waals surface area contributed by atoms with Gasteiger partial charge in [-0.1, -0.05) is 6.92 Å². The molecule has 0 fully saturated rings. The predicted molar refractivity (Wildman–Crippen MR) is 61.9 cm³/mol. The van der Waals surface area contributed by atoms with Crippen molar-refractivity contribution < 1.29 is 0 Å². The molecule has 0 aliphatic heterocycles. The van der Waals surface area contributed by atoms with Crippen molar-refractivity contribution in [2.45, 2.75) is 13.3 Å². The van der Waals surface area contributed by atoms with Gasteiger partial charge in [0.1, 0.15) is 11.6 Å². The first-order chi connectivity index (χ1) is 7.72. The predicted octanol–water partition coefficient (Wildman–Crippen LogP) is 0.976. The molecule has 0 bridgehead atoms. The van der Waals surface area contributed by atoms with Gasteiger partial charge in [0.25, 0.3) is 5.56 Å². The number of hydrogen-bond donors (Lipinski definition) is 2. The minimum Gasteiger partial charge on any atom is -0.383 e. The fraction of sp³-hybridized carbons (Fsp3) is 0.182. The maximum Gasteiger partial charge on any atom is 0.256 e. The highest BCUT2D eigenvalue weighted by atomic mass is 16.1. The number of rotatable bonds is 2. The maximum atomic E-state index is 11.7. The molecule has 5 heteroatoms. The van der Waals surface area contributed by atoms with E-state index in [2.05, 4.69) is 15.0 Å². The normalized spacial score (nSPS) is 10.3. The number of pyridine rings is 1. The molecule has 2 aromatic heterocycles. The number of aromatic amines is 1. The third-order valence-corrected chi connectivity index (χ3v) is 2.34. The molecule has 0 atom stereocenters. The standard InChI is InChI=1S/C11H12N4O/c1-2-8-9(12)14-10(15-11(8)16)7-4-3-5-13-6-7/h3-6H,2H2,1H3,(H3,12,14,15,16). The lowest BCUT2D eigenvalue weighted by Gasteiger charge is -2.04. The molecule has 0 spiro atoms. The lowest BCUT2D eigenvalue weighted by atomic mass is 10.2. The van der Waals surface area contributed by atoms with Gasteiger partial charge < -0.3 is 10.7 Å². The molecule has 16 heavy (non-hydrogen) atoms. The molecule has 0 saturated carbocycles. The zero-order valence-electron chi connectivity index (χ0n) is 8.90. The summed E-state index contributed by atoms with van der Waals surface area (Å²) in [6.45, 7) is 1.87. The minimum atomic E-state index is -0.186. The van der Waals surface area contributed by atoms with Crippen molar-refractivity contribution in [3.8, 4) is 11.4 Å². The van der Waals surface area contributed by atoms with Crippen molar-refractivity contribution in [2.24, 2.45) is 0 Å². The Morgan fingerprint density at radius 3 is 2.88 bits per heavy atom. The molecule has 82 valence electrons. The van der Waals surface area contributed by atoms with E-state index in [-0.39, 0.29) is 11.4 Å². The van der Waals surface area contributed by atoms with Crippen LogP contribution < -0.4 is 11.3 Å². The molecule has 0 radical (unpaired) electrons. The molecule has 0 aliphatic carbocycles. The van der Waals surface area contributed by atoms with Crippen molar-refractivity contribution in [1.29, 1.82) is 0 Å². The summed E-state index contributed by atoms with van der Waals surface area (Å²) in [4.78, 5) is 22.5. The van der Waals surface area contributed by atoms with Gasteiger partial charge in [0.2, 0.25) is 0 Å². The summed E-state index contributed by atoms with van der Waals surface area (Å²) < 4.78 is 0. The average molecular weight is 216 g/mol. The maximum absolute atomic E-state index is 11.7. The minimum absolute atomic E-state index is 0.186. The van der Waals surface area contributed by atoms with Gasteiger partial charge >= 0.3 is 0 Å². The molecular weight excluding hydrogens is 204 g/mol. The van der Waals surface area contributed by atoms with Crippen molar-refractivity contribution >= 4 is 5.82 Å². The number of nitrogens with one attached hydrogen (secondary N) is 1. The lowest BCUT2D eigenvalue weighted by Crippen LogP contribution is -2.17. The number of nitrogens with two attached hydrogens (primary N) is 1.